The van der Waals surface area contributed by atoms with E-state index in [1.165, 1.54) is 0 Å². The number of fused-ring (bicyclic) bond motifs is 1. The molecule has 6 heteroatoms. The first-order chi connectivity index (χ1) is 11.6. The lowest BCUT2D eigenvalue weighted by Gasteiger charge is -2.11. The minimum atomic E-state index is -0.332. The van der Waals surface area contributed by atoms with Crippen LogP contribution in [0, 0.1) is 0 Å². The third-order valence-corrected chi connectivity index (χ3v) is 4.12. The summed E-state index contributed by atoms with van der Waals surface area (Å²) in [4.78, 5) is 19.6. The van der Waals surface area contributed by atoms with Crippen molar-refractivity contribution in [2.45, 2.75) is 39.5 Å². The molecule has 0 aliphatic rings. The summed E-state index contributed by atoms with van der Waals surface area (Å²) in [7, 11) is 0. The van der Waals surface area contributed by atoms with Crippen LogP contribution in [0.25, 0.3) is 16.7 Å². The number of rotatable bonds is 6. The van der Waals surface area contributed by atoms with Crippen LogP contribution in [0.4, 0.5) is 0 Å². The summed E-state index contributed by atoms with van der Waals surface area (Å²) in [5.41, 5.74) is 3.20. The Balaban J connectivity index is 2.22. The van der Waals surface area contributed by atoms with E-state index in [9.17, 15) is 15.0 Å². The number of H-pyrrole nitrogens is 1. The van der Waals surface area contributed by atoms with E-state index in [2.05, 4.69) is 9.97 Å². The van der Waals surface area contributed by atoms with E-state index in [-0.39, 0.29) is 23.0 Å². The summed E-state index contributed by atoms with van der Waals surface area (Å²) < 4.78 is 1.56. The van der Waals surface area contributed by atoms with Gasteiger partial charge in [0.05, 0.1) is 28.6 Å². The predicted octanol–water partition coefficient (Wildman–Crippen LogP) is 3.70. The van der Waals surface area contributed by atoms with E-state index < -0.39 is 0 Å². The fraction of sp³-hybridized carbons (Fsp3) is 0.333. The van der Waals surface area contributed by atoms with Crippen LogP contribution in [0.5, 0.6) is 11.6 Å². The number of nitrogens with one attached hydrogen (secondary N) is 1. The van der Waals surface area contributed by atoms with E-state index >= 15 is 0 Å². The van der Waals surface area contributed by atoms with E-state index in [0.29, 0.717) is 30.6 Å². The quantitative estimate of drug-likeness (QED) is 0.602. The number of nitrogens with zero attached hydrogens (tertiary/aromatic N) is 2. The molecule has 0 spiro atoms. The van der Waals surface area contributed by atoms with Gasteiger partial charge in [-0.2, -0.15) is 0 Å². The zero-order chi connectivity index (χ0) is 17.3. The molecule has 0 saturated carbocycles. The fourth-order valence-corrected chi connectivity index (χ4v) is 3.05. The number of hydrogen-bond acceptors (Lipinski definition) is 4. The molecule has 0 fully saturated rings. The summed E-state index contributed by atoms with van der Waals surface area (Å²) in [5, 5.41) is 20.8. The maximum atomic E-state index is 12.4. The lowest BCUT2D eigenvalue weighted by Crippen LogP contribution is -2.06. The highest BCUT2D eigenvalue weighted by atomic mass is 16.3. The van der Waals surface area contributed by atoms with Gasteiger partial charge >= 0.3 is 0 Å². The maximum absolute atomic E-state index is 12.4. The fourth-order valence-electron chi connectivity index (χ4n) is 3.05. The highest BCUT2D eigenvalue weighted by molar-refractivity contribution is 6.01. The van der Waals surface area contributed by atoms with E-state index in [1.54, 1.807) is 10.9 Å². The van der Waals surface area contributed by atoms with Gasteiger partial charge in [0, 0.05) is 12.1 Å². The molecule has 0 amide bonds. The molecule has 3 aromatic rings. The van der Waals surface area contributed by atoms with E-state index in [4.69, 9.17) is 0 Å². The molecule has 126 valence electrons. The Morgan fingerprint density at radius 2 is 2.04 bits per heavy atom. The monoisotopic (exact) mass is 327 g/mol. The first-order valence-corrected chi connectivity index (χ1v) is 8.20. The van der Waals surface area contributed by atoms with Gasteiger partial charge in [-0.15, -0.1) is 0 Å². The van der Waals surface area contributed by atoms with Crippen molar-refractivity contribution >= 4 is 16.8 Å². The Morgan fingerprint density at radius 1 is 1.25 bits per heavy atom. The van der Waals surface area contributed by atoms with E-state index in [1.807, 2.05) is 32.0 Å². The van der Waals surface area contributed by atoms with Crippen molar-refractivity contribution in [1.29, 1.82) is 0 Å². The molecule has 3 N–H and O–H groups in total. The molecule has 6 nitrogen and oxygen atoms in total. The Bertz CT molecular complexity index is 892. The zero-order valence-electron chi connectivity index (χ0n) is 13.8. The Morgan fingerprint density at radius 3 is 2.75 bits per heavy atom. The molecular weight excluding hydrogens is 306 g/mol. The van der Waals surface area contributed by atoms with Crippen LogP contribution in [0.1, 0.15) is 49.2 Å². The van der Waals surface area contributed by atoms with Gasteiger partial charge in [-0.05, 0) is 31.0 Å². The summed E-state index contributed by atoms with van der Waals surface area (Å²) in [6, 6.07) is 5.49. The standard InChI is InChI=1S/C18H21N3O3/c1-3-5-14-16(15(22)6-4-2)17(23)18(24)21(14)11-7-8-12-13(9-11)20-10-19-12/h7-10,23-24H,3-6H2,1-2H3,(H,19,20). The van der Waals surface area contributed by atoms with E-state index in [0.717, 1.165) is 17.5 Å². The number of aromatic hydroxyl groups is 2. The third-order valence-electron chi connectivity index (χ3n) is 4.12. The van der Waals surface area contributed by atoms with Crippen molar-refractivity contribution in [1.82, 2.24) is 14.5 Å². The van der Waals surface area contributed by atoms with Gasteiger partial charge in [0.1, 0.15) is 0 Å². The largest absolute Gasteiger partial charge is 0.503 e. The van der Waals surface area contributed by atoms with Gasteiger partial charge in [-0.1, -0.05) is 20.3 Å². The Hall–Kier alpha value is -2.76. The SMILES string of the molecule is CCCC(=O)c1c(O)c(O)n(-c2ccc3nc[nH]c3c2)c1CCC. The highest BCUT2D eigenvalue weighted by Crippen LogP contribution is 2.39. The van der Waals surface area contributed by atoms with Crippen molar-refractivity contribution in [2.24, 2.45) is 0 Å². The summed E-state index contributed by atoms with van der Waals surface area (Å²) in [6.45, 7) is 3.91. The molecule has 1 aromatic carbocycles. The topological polar surface area (TPSA) is 91.1 Å². The predicted molar refractivity (Wildman–Crippen MR) is 92.0 cm³/mol. The lowest BCUT2D eigenvalue weighted by atomic mass is 10.0. The average molecular weight is 327 g/mol. The van der Waals surface area contributed by atoms with Crippen LogP contribution in [0.3, 0.4) is 0 Å². The maximum Gasteiger partial charge on any atom is 0.240 e. The number of hydrogen-bond donors (Lipinski definition) is 3. The average Bonchev–Trinajstić information content (AvgIpc) is 3.11. The van der Waals surface area contributed by atoms with Crippen LogP contribution in [0.15, 0.2) is 24.5 Å². The molecule has 0 aliphatic carbocycles. The number of carbonyl (C=O) groups excluding carboxylic acids is 1. The van der Waals surface area contributed by atoms with Crippen LogP contribution in [-0.4, -0.2) is 30.5 Å². The van der Waals surface area contributed by atoms with Crippen LogP contribution in [-0.2, 0) is 6.42 Å². The Kier molecular flexibility index (Phi) is 4.29. The second kappa shape index (κ2) is 6.39. The molecule has 2 heterocycles. The molecule has 0 bridgehead atoms. The van der Waals surface area contributed by atoms with Crippen LogP contribution in [0.2, 0.25) is 0 Å². The first kappa shape index (κ1) is 16.1. The second-order valence-electron chi connectivity index (χ2n) is 5.86. The number of Topliss-reactive ketones (excluding diaryl/α,β-unsaturated/α-hetero) is 1. The molecule has 24 heavy (non-hydrogen) atoms. The van der Waals surface area contributed by atoms with Crippen molar-refractivity contribution in [3.8, 4) is 17.3 Å². The van der Waals surface area contributed by atoms with Crippen molar-refractivity contribution in [3.05, 3.63) is 35.8 Å². The van der Waals surface area contributed by atoms with Crippen LogP contribution < -0.4 is 0 Å². The van der Waals surface area contributed by atoms with Crippen molar-refractivity contribution in [2.75, 3.05) is 0 Å². The molecular formula is C18H21N3O3. The zero-order valence-corrected chi connectivity index (χ0v) is 13.8. The van der Waals surface area contributed by atoms with Crippen LogP contribution >= 0.6 is 0 Å². The molecule has 0 aliphatic heterocycles. The summed E-state index contributed by atoms with van der Waals surface area (Å²) in [5.74, 6) is -0.770. The smallest absolute Gasteiger partial charge is 0.240 e. The summed E-state index contributed by atoms with van der Waals surface area (Å²) >= 11 is 0. The van der Waals surface area contributed by atoms with Gasteiger partial charge < -0.3 is 15.2 Å². The number of carbonyl (C=O) groups is 1. The third kappa shape index (κ3) is 2.54. The van der Waals surface area contributed by atoms with Crippen molar-refractivity contribution in [3.63, 3.8) is 0 Å². The van der Waals surface area contributed by atoms with Crippen molar-refractivity contribution < 1.29 is 15.0 Å². The Labute approximate surface area is 139 Å². The number of ketones is 1. The van der Waals surface area contributed by atoms with Gasteiger partial charge in [0.15, 0.2) is 11.5 Å². The van der Waals surface area contributed by atoms with Gasteiger partial charge in [0.25, 0.3) is 0 Å². The molecule has 0 radical (unpaired) electrons. The minimum absolute atomic E-state index is 0.143. The molecule has 0 saturated heterocycles. The highest BCUT2D eigenvalue weighted by Gasteiger charge is 2.27. The first-order valence-electron chi connectivity index (χ1n) is 8.20. The summed E-state index contributed by atoms with van der Waals surface area (Å²) in [6.07, 6.45) is 4.01. The molecule has 0 atom stereocenters. The molecule has 3 rings (SSSR count). The lowest BCUT2D eigenvalue weighted by molar-refractivity contribution is 0.0978. The van der Waals surface area contributed by atoms with Gasteiger partial charge in [-0.25, -0.2) is 4.98 Å². The number of aromatic amines is 1. The number of aromatic nitrogens is 3. The minimum Gasteiger partial charge on any atom is -0.503 e. The second-order valence-corrected chi connectivity index (χ2v) is 5.86. The van der Waals surface area contributed by atoms with Gasteiger partial charge in [0.2, 0.25) is 5.88 Å². The molecule has 2 aromatic heterocycles. The van der Waals surface area contributed by atoms with Gasteiger partial charge in [-0.3, -0.25) is 9.36 Å². The normalized spacial score (nSPS) is 11.2. The number of benzene rings is 1. The molecule has 0 unspecified atom stereocenters. The number of imidazole rings is 1.